The van der Waals surface area contributed by atoms with Crippen molar-refractivity contribution in [2.75, 3.05) is 7.11 Å². The minimum absolute atomic E-state index is 0.277. The highest BCUT2D eigenvalue weighted by atomic mass is 16.5. The Bertz CT molecular complexity index is 504. The van der Waals surface area contributed by atoms with Crippen molar-refractivity contribution in [2.24, 2.45) is 0 Å². The first kappa shape index (κ1) is 10.7. The number of aliphatic hydroxyl groups is 1. The summed E-state index contributed by atoms with van der Waals surface area (Å²) in [4.78, 5) is 10.4. The molecule has 0 aliphatic heterocycles. The van der Waals surface area contributed by atoms with Gasteiger partial charge >= 0.3 is 0 Å². The first-order valence-corrected chi connectivity index (χ1v) is 5.01. The first-order valence-electron chi connectivity index (χ1n) is 5.01. The molecular weight excluding hydrogens is 206 g/mol. The van der Waals surface area contributed by atoms with Crippen LogP contribution in [0.4, 0.5) is 0 Å². The van der Waals surface area contributed by atoms with E-state index >= 15 is 0 Å². The van der Waals surface area contributed by atoms with E-state index in [1.54, 1.807) is 7.11 Å². The van der Waals surface area contributed by atoms with Crippen LogP contribution < -0.4 is 4.74 Å². The summed E-state index contributed by atoms with van der Waals surface area (Å²) in [5, 5.41) is 10.3. The van der Waals surface area contributed by atoms with Gasteiger partial charge in [-0.3, -0.25) is 0 Å². The standard InChI is InChI=1S/C12H13NO3/c1-16-11-2-3-12-9(6-11)4-5-13(12)7-10(15)8-14/h2-6,8,10,15H,7H2,1H3. The molecule has 0 aliphatic carbocycles. The molecule has 2 rings (SSSR count). The van der Waals surface area contributed by atoms with Crippen LogP contribution in [-0.2, 0) is 11.3 Å². The molecule has 0 saturated carbocycles. The molecule has 1 N–H and O–H groups in total. The van der Waals surface area contributed by atoms with E-state index in [0.717, 1.165) is 16.7 Å². The van der Waals surface area contributed by atoms with Crippen molar-refractivity contribution < 1.29 is 14.6 Å². The molecule has 1 atom stereocenters. The van der Waals surface area contributed by atoms with E-state index in [4.69, 9.17) is 4.74 Å². The molecule has 1 aromatic heterocycles. The van der Waals surface area contributed by atoms with E-state index in [0.29, 0.717) is 6.29 Å². The number of aliphatic hydroxyl groups excluding tert-OH is 1. The van der Waals surface area contributed by atoms with E-state index in [-0.39, 0.29) is 6.54 Å². The van der Waals surface area contributed by atoms with Gasteiger partial charge in [-0.05, 0) is 24.3 Å². The second-order valence-corrected chi connectivity index (χ2v) is 3.60. The number of hydrogen-bond acceptors (Lipinski definition) is 3. The summed E-state index contributed by atoms with van der Waals surface area (Å²) in [5.74, 6) is 0.793. The Morgan fingerprint density at radius 2 is 2.31 bits per heavy atom. The van der Waals surface area contributed by atoms with Gasteiger partial charge in [-0.25, -0.2) is 0 Å². The van der Waals surface area contributed by atoms with E-state index < -0.39 is 6.10 Å². The van der Waals surface area contributed by atoms with Crippen molar-refractivity contribution in [1.82, 2.24) is 4.57 Å². The maximum absolute atomic E-state index is 10.4. The third-order valence-electron chi connectivity index (χ3n) is 2.52. The van der Waals surface area contributed by atoms with Crippen LogP contribution in [0.15, 0.2) is 30.5 Å². The minimum Gasteiger partial charge on any atom is -0.497 e. The lowest BCUT2D eigenvalue weighted by molar-refractivity contribution is -0.115. The van der Waals surface area contributed by atoms with Gasteiger partial charge < -0.3 is 19.2 Å². The van der Waals surface area contributed by atoms with Gasteiger partial charge in [0.2, 0.25) is 0 Å². The molecule has 0 saturated heterocycles. The molecule has 84 valence electrons. The summed E-state index contributed by atoms with van der Waals surface area (Å²) >= 11 is 0. The fourth-order valence-corrected chi connectivity index (χ4v) is 1.71. The number of methoxy groups -OCH3 is 1. The fraction of sp³-hybridized carbons (Fsp3) is 0.250. The number of ether oxygens (including phenoxy) is 1. The van der Waals surface area contributed by atoms with Crippen molar-refractivity contribution in [3.8, 4) is 5.75 Å². The Morgan fingerprint density at radius 3 is 3.00 bits per heavy atom. The summed E-state index contributed by atoms with van der Waals surface area (Å²) in [5.41, 5.74) is 0.974. The molecule has 0 bridgehead atoms. The molecule has 0 fully saturated rings. The molecular formula is C12H13NO3. The predicted molar refractivity (Wildman–Crippen MR) is 60.6 cm³/mol. The summed E-state index contributed by atoms with van der Waals surface area (Å²) in [6, 6.07) is 7.60. The Morgan fingerprint density at radius 1 is 1.50 bits per heavy atom. The average Bonchev–Trinajstić information content (AvgIpc) is 2.71. The van der Waals surface area contributed by atoms with Gasteiger partial charge in [0, 0.05) is 17.1 Å². The number of aromatic nitrogens is 1. The normalized spacial score (nSPS) is 12.6. The van der Waals surface area contributed by atoms with Crippen molar-refractivity contribution in [3.63, 3.8) is 0 Å². The van der Waals surface area contributed by atoms with Crippen LogP contribution in [0, 0.1) is 0 Å². The highest BCUT2D eigenvalue weighted by Crippen LogP contribution is 2.21. The Balaban J connectivity index is 2.37. The van der Waals surface area contributed by atoms with Crippen molar-refractivity contribution in [1.29, 1.82) is 0 Å². The molecule has 0 aliphatic rings. The first-order chi connectivity index (χ1) is 7.74. The van der Waals surface area contributed by atoms with Crippen molar-refractivity contribution in [3.05, 3.63) is 30.5 Å². The highest BCUT2D eigenvalue weighted by Gasteiger charge is 2.06. The molecule has 0 radical (unpaired) electrons. The summed E-state index contributed by atoms with van der Waals surface area (Å²) < 4.78 is 6.96. The lowest BCUT2D eigenvalue weighted by atomic mass is 10.2. The van der Waals surface area contributed by atoms with Gasteiger partial charge in [-0.2, -0.15) is 0 Å². The zero-order valence-electron chi connectivity index (χ0n) is 8.96. The molecule has 0 amide bonds. The quantitative estimate of drug-likeness (QED) is 0.786. The zero-order chi connectivity index (χ0) is 11.5. The molecule has 16 heavy (non-hydrogen) atoms. The zero-order valence-corrected chi connectivity index (χ0v) is 8.96. The van der Waals surface area contributed by atoms with Gasteiger partial charge in [0.1, 0.15) is 18.1 Å². The third kappa shape index (κ3) is 1.92. The monoisotopic (exact) mass is 219 g/mol. The second-order valence-electron chi connectivity index (χ2n) is 3.60. The Kier molecular flexibility index (Phi) is 2.92. The summed E-state index contributed by atoms with van der Waals surface area (Å²) in [7, 11) is 1.62. The Labute approximate surface area is 93.1 Å². The van der Waals surface area contributed by atoms with Gasteiger partial charge in [-0.1, -0.05) is 0 Å². The van der Waals surface area contributed by atoms with Crippen LogP contribution in [0.5, 0.6) is 5.75 Å². The number of carbonyl (C=O) groups is 1. The van der Waals surface area contributed by atoms with Crippen LogP contribution in [0.2, 0.25) is 0 Å². The third-order valence-corrected chi connectivity index (χ3v) is 2.52. The number of nitrogens with zero attached hydrogens (tertiary/aromatic N) is 1. The van der Waals surface area contributed by atoms with Crippen LogP contribution in [-0.4, -0.2) is 29.2 Å². The number of carbonyl (C=O) groups excluding carboxylic acids is 1. The molecule has 0 spiro atoms. The van der Waals surface area contributed by atoms with Gasteiger partial charge in [0.05, 0.1) is 13.7 Å². The lowest BCUT2D eigenvalue weighted by Crippen LogP contribution is -2.16. The number of aldehydes is 1. The van der Waals surface area contributed by atoms with Crippen LogP contribution in [0.25, 0.3) is 10.9 Å². The molecule has 1 aromatic carbocycles. The maximum Gasteiger partial charge on any atom is 0.150 e. The molecule has 1 heterocycles. The topological polar surface area (TPSA) is 51.5 Å². The second kappa shape index (κ2) is 4.37. The SMILES string of the molecule is COc1ccc2c(ccn2CC(O)C=O)c1. The van der Waals surface area contributed by atoms with Gasteiger partial charge in [0.25, 0.3) is 0 Å². The van der Waals surface area contributed by atoms with E-state index in [2.05, 4.69) is 0 Å². The number of fused-ring (bicyclic) bond motifs is 1. The lowest BCUT2D eigenvalue weighted by Gasteiger charge is -2.07. The highest BCUT2D eigenvalue weighted by molar-refractivity contribution is 5.81. The molecule has 4 nitrogen and oxygen atoms in total. The predicted octanol–water partition coefficient (Wildman–Crippen LogP) is 1.21. The molecule has 1 unspecified atom stereocenters. The number of benzene rings is 1. The van der Waals surface area contributed by atoms with E-state index in [1.165, 1.54) is 0 Å². The minimum atomic E-state index is -0.960. The Hall–Kier alpha value is -1.81. The number of rotatable bonds is 4. The van der Waals surface area contributed by atoms with Gasteiger partial charge in [0.15, 0.2) is 0 Å². The van der Waals surface area contributed by atoms with Crippen LogP contribution in [0.3, 0.4) is 0 Å². The van der Waals surface area contributed by atoms with Crippen LogP contribution in [0.1, 0.15) is 0 Å². The van der Waals surface area contributed by atoms with Crippen molar-refractivity contribution >= 4 is 17.2 Å². The molecule has 2 aromatic rings. The maximum atomic E-state index is 10.4. The van der Waals surface area contributed by atoms with Crippen LogP contribution >= 0.6 is 0 Å². The summed E-state index contributed by atoms with van der Waals surface area (Å²) in [6.45, 7) is 0.277. The smallest absolute Gasteiger partial charge is 0.150 e. The number of hydrogen-bond donors (Lipinski definition) is 1. The van der Waals surface area contributed by atoms with Gasteiger partial charge in [-0.15, -0.1) is 0 Å². The fourth-order valence-electron chi connectivity index (χ4n) is 1.71. The van der Waals surface area contributed by atoms with E-state index in [1.807, 2.05) is 35.0 Å². The largest absolute Gasteiger partial charge is 0.497 e. The average molecular weight is 219 g/mol. The van der Waals surface area contributed by atoms with E-state index in [9.17, 15) is 9.90 Å². The van der Waals surface area contributed by atoms with Crippen molar-refractivity contribution in [2.45, 2.75) is 12.6 Å². The summed E-state index contributed by atoms with van der Waals surface area (Å²) in [6.07, 6.45) is 1.42. The molecule has 4 heteroatoms.